The van der Waals surface area contributed by atoms with Gasteiger partial charge in [0.15, 0.2) is 5.65 Å². The summed E-state index contributed by atoms with van der Waals surface area (Å²) in [6.07, 6.45) is 0. The number of rotatable bonds is 6. The highest BCUT2D eigenvalue weighted by Gasteiger charge is 2.11. The van der Waals surface area contributed by atoms with Crippen LogP contribution in [0, 0.1) is 0 Å². The smallest absolute Gasteiger partial charge is 0.338 e. The summed E-state index contributed by atoms with van der Waals surface area (Å²) in [5.74, 6) is -0.468. The van der Waals surface area contributed by atoms with Crippen LogP contribution in [-0.2, 0) is 9.53 Å². The number of anilines is 1. The molecule has 2 N–H and O–H groups in total. The molecule has 0 spiro atoms. The van der Waals surface area contributed by atoms with Crippen LogP contribution in [0.4, 0.5) is 5.69 Å². The fourth-order valence-electron chi connectivity index (χ4n) is 2.80. The molecule has 0 radical (unpaired) electrons. The van der Waals surface area contributed by atoms with E-state index in [0.29, 0.717) is 34.2 Å². The van der Waals surface area contributed by atoms with E-state index in [1.54, 1.807) is 31.2 Å². The third kappa shape index (κ3) is 4.19. The lowest BCUT2D eigenvalue weighted by Crippen LogP contribution is -2.14. The molecule has 0 aliphatic carbocycles. The van der Waals surface area contributed by atoms with Crippen LogP contribution in [0.1, 0.15) is 17.3 Å². The number of nitrogens with zero attached hydrogens (tertiary/aromatic N) is 3. The third-order valence-corrected chi connectivity index (χ3v) is 4.95. The number of ether oxygens (including phenoxy) is 1. The highest BCUT2D eigenvalue weighted by atomic mass is 32.2. The van der Waals surface area contributed by atoms with Crippen molar-refractivity contribution in [2.24, 2.45) is 0 Å². The molecule has 2 heterocycles. The summed E-state index contributed by atoms with van der Waals surface area (Å²) in [6.45, 7) is 2.06. The number of para-hydroxylation sites is 1. The summed E-state index contributed by atoms with van der Waals surface area (Å²) in [6, 6.07) is 14.3. The predicted molar refractivity (Wildman–Crippen MR) is 111 cm³/mol. The summed E-state index contributed by atoms with van der Waals surface area (Å²) >= 11 is 1.20. The molecule has 2 aromatic heterocycles. The van der Waals surface area contributed by atoms with Crippen molar-refractivity contribution in [1.82, 2.24) is 20.2 Å². The van der Waals surface area contributed by atoms with E-state index >= 15 is 0 Å². The van der Waals surface area contributed by atoms with Crippen molar-refractivity contribution in [3.63, 3.8) is 0 Å². The normalized spacial score (nSPS) is 10.9. The molecule has 9 heteroatoms. The van der Waals surface area contributed by atoms with Crippen molar-refractivity contribution >= 4 is 51.4 Å². The van der Waals surface area contributed by atoms with Crippen LogP contribution in [0.15, 0.2) is 53.7 Å². The topological polar surface area (TPSA) is 110 Å². The Morgan fingerprint density at radius 1 is 1.10 bits per heavy atom. The lowest BCUT2D eigenvalue weighted by Gasteiger charge is -2.06. The second kappa shape index (κ2) is 8.27. The number of nitrogens with one attached hydrogen (secondary N) is 2. The Bertz CT molecular complexity index is 1190. The minimum absolute atomic E-state index is 0.132. The molecule has 0 saturated heterocycles. The average molecular weight is 407 g/mol. The zero-order valence-corrected chi connectivity index (χ0v) is 16.3. The van der Waals surface area contributed by atoms with Crippen LogP contribution in [0.3, 0.4) is 0 Å². The van der Waals surface area contributed by atoms with Crippen LogP contribution in [0.25, 0.3) is 22.1 Å². The first-order chi connectivity index (χ1) is 14.1. The molecule has 0 fully saturated rings. The number of carbonyl (C=O) groups excluding carboxylic acids is 2. The molecular formula is C20H17N5O3S. The van der Waals surface area contributed by atoms with Crippen molar-refractivity contribution in [3.05, 3.63) is 54.1 Å². The second-order valence-corrected chi connectivity index (χ2v) is 7.04. The first kappa shape index (κ1) is 18.9. The highest BCUT2D eigenvalue weighted by molar-refractivity contribution is 7.99. The summed E-state index contributed by atoms with van der Waals surface area (Å²) in [5, 5.41) is 12.5. The van der Waals surface area contributed by atoms with Gasteiger partial charge in [0.2, 0.25) is 11.1 Å². The lowest BCUT2D eigenvalue weighted by molar-refractivity contribution is -0.113. The van der Waals surface area contributed by atoms with Gasteiger partial charge in [-0.1, -0.05) is 30.0 Å². The van der Waals surface area contributed by atoms with E-state index in [0.717, 1.165) is 10.9 Å². The number of esters is 1. The molecule has 2 aromatic carbocycles. The van der Waals surface area contributed by atoms with E-state index in [4.69, 9.17) is 4.74 Å². The van der Waals surface area contributed by atoms with Gasteiger partial charge in [-0.05, 0) is 37.3 Å². The van der Waals surface area contributed by atoms with E-state index in [1.807, 2.05) is 24.3 Å². The molecule has 29 heavy (non-hydrogen) atoms. The van der Waals surface area contributed by atoms with Crippen LogP contribution in [-0.4, -0.2) is 44.4 Å². The van der Waals surface area contributed by atoms with Crippen molar-refractivity contribution in [3.8, 4) is 0 Å². The number of carbonyl (C=O) groups is 2. The van der Waals surface area contributed by atoms with Gasteiger partial charge in [0, 0.05) is 16.6 Å². The van der Waals surface area contributed by atoms with Crippen LogP contribution in [0.2, 0.25) is 0 Å². The van der Waals surface area contributed by atoms with E-state index in [1.165, 1.54) is 11.8 Å². The number of fused-ring (bicyclic) bond motifs is 3. The number of aromatic nitrogens is 4. The molecular weight excluding hydrogens is 390 g/mol. The van der Waals surface area contributed by atoms with E-state index < -0.39 is 5.97 Å². The maximum atomic E-state index is 12.2. The minimum Gasteiger partial charge on any atom is -0.462 e. The molecule has 1 amide bonds. The summed E-state index contributed by atoms with van der Waals surface area (Å²) in [7, 11) is 0. The Morgan fingerprint density at radius 2 is 1.90 bits per heavy atom. The predicted octanol–water partition coefficient (Wildman–Crippen LogP) is 3.41. The second-order valence-electron chi connectivity index (χ2n) is 6.10. The summed E-state index contributed by atoms with van der Waals surface area (Å²) < 4.78 is 4.93. The van der Waals surface area contributed by atoms with Crippen molar-refractivity contribution in [2.45, 2.75) is 12.1 Å². The number of hydrogen-bond donors (Lipinski definition) is 2. The van der Waals surface area contributed by atoms with E-state index in [-0.39, 0.29) is 11.7 Å². The first-order valence-corrected chi connectivity index (χ1v) is 9.93. The molecule has 146 valence electrons. The van der Waals surface area contributed by atoms with Gasteiger partial charge in [0.1, 0.15) is 5.52 Å². The third-order valence-electron chi connectivity index (χ3n) is 4.11. The van der Waals surface area contributed by atoms with E-state index in [9.17, 15) is 9.59 Å². The van der Waals surface area contributed by atoms with Gasteiger partial charge in [-0.25, -0.2) is 9.78 Å². The van der Waals surface area contributed by atoms with Gasteiger partial charge in [-0.3, -0.25) is 4.79 Å². The molecule has 8 nitrogen and oxygen atoms in total. The molecule has 0 aliphatic rings. The monoisotopic (exact) mass is 407 g/mol. The van der Waals surface area contributed by atoms with Crippen LogP contribution in [0.5, 0.6) is 0 Å². The standard InChI is InChI=1S/C20H17N5O3S/c1-2-28-19(27)12-7-9-13(10-8-12)21-16(26)11-29-20-23-18-17(24-25-20)14-5-3-4-6-15(14)22-18/h3-10H,2,11H2,1H3,(H,21,26)(H,22,23,25). The van der Waals surface area contributed by atoms with Crippen molar-refractivity contribution in [1.29, 1.82) is 0 Å². The zero-order chi connectivity index (χ0) is 20.2. The number of H-pyrrole nitrogens is 1. The van der Waals surface area contributed by atoms with Gasteiger partial charge < -0.3 is 15.0 Å². The molecule has 0 atom stereocenters. The van der Waals surface area contributed by atoms with Gasteiger partial charge in [-0.15, -0.1) is 10.2 Å². The maximum absolute atomic E-state index is 12.2. The lowest BCUT2D eigenvalue weighted by atomic mass is 10.2. The largest absolute Gasteiger partial charge is 0.462 e. The van der Waals surface area contributed by atoms with Crippen LogP contribution >= 0.6 is 11.8 Å². The summed E-state index contributed by atoms with van der Waals surface area (Å²) in [4.78, 5) is 31.5. The number of thioether (sulfide) groups is 1. The Labute approximate surface area is 170 Å². The van der Waals surface area contributed by atoms with Crippen molar-refractivity contribution in [2.75, 3.05) is 17.7 Å². The Hall–Kier alpha value is -3.46. The van der Waals surface area contributed by atoms with Crippen LogP contribution < -0.4 is 5.32 Å². The van der Waals surface area contributed by atoms with E-state index in [2.05, 4.69) is 25.5 Å². The zero-order valence-electron chi connectivity index (χ0n) is 15.5. The Balaban J connectivity index is 1.38. The fraction of sp³-hybridized carbons (Fsp3) is 0.150. The molecule has 4 aromatic rings. The Kier molecular flexibility index (Phi) is 5.39. The Morgan fingerprint density at radius 3 is 2.69 bits per heavy atom. The molecule has 0 unspecified atom stereocenters. The van der Waals surface area contributed by atoms with Gasteiger partial charge >= 0.3 is 5.97 Å². The fourth-order valence-corrected chi connectivity index (χ4v) is 3.38. The molecule has 4 rings (SSSR count). The van der Waals surface area contributed by atoms with Gasteiger partial charge in [-0.2, -0.15) is 0 Å². The van der Waals surface area contributed by atoms with Gasteiger partial charge in [0.25, 0.3) is 0 Å². The molecule has 0 aliphatic heterocycles. The summed E-state index contributed by atoms with van der Waals surface area (Å²) in [5.41, 5.74) is 3.31. The molecule has 0 saturated carbocycles. The number of benzene rings is 2. The highest BCUT2D eigenvalue weighted by Crippen LogP contribution is 2.23. The van der Waals surface area contributed by atoms with Crippen molar-refractivity contribution < 1.29 is 14.3 Å². The maximum Gasteiger partial charge on any atom is 0.338 e. The quantitative estimate of drug-likeness (QED) is 0.372. The SMILES string of the molecule is CCOC(=O)c1ccc(NC(=O)CSc2nnc3c(n2)[nH]c2ccccc23)cc1. The minimum atomic E-state index is -0.391. The average Bonchev–Trinajstić information content (AvgIpc) is 3.11. The molecule has 0 bridgehead atoms. The first-order valence-electron chi connectivity index (χ1n) is 8.95. The number of hydrogen-bond acceptors (Lipinski definition) is 7. The number of aromatic amines is 1. The van der Waals surface area contributed by atoms with Gasteiger partial charge in [0.05, 0.1) is 17.9 Å². The number of amides is 1.